The summed E-state index contributed by atoms with van der Waals surface area (Å²) in [5.41, 5.74) is 2.66. The zero-order chi connectivity index (χ0) is 19.1. The number of carbonyl (C=O) groups is 1. The van der Waals surface area contributed by atoms with Crippen molar-refractivity contribution < 1.29 is 19.7 Å². The lowest BCUT2D eigenvalue weighted by Crippen LogP contribution is -2.22. The van der Waals surface area contributed by atoms with Gasteiger partial charge < -0.3 is 9.94 Å². The van der Waals surface area contributed by atoms with Crippen molar-refractivity contribution in [2.45, 2.75) is 6.92 Å². The highest BCUT2D eigenvalue weighted by Crippen LogP contribution is 2.31. The molecule has 0 bridgehead atoms. The van der Waals surface area contributed by atoms with Crippen molar-refractivity contribution in [1.29, 1.82) is 0 Å². The van der Waals surface area contributed by atoms with Crippen LogP contribution in [0, 0.1) is 10.1 Å². The third-order valence-electron chi connectivity index (χ3n) is 2.96. The number of thiophene rings is 1. The van der Waals surface area contributed by atoms with Crippen molar-refractivity contribution in [3.63, 3.8) is 0 Å². The monoisotopic (exact) mass is 440 g/mol. The van der Waals surface area contributed by atoms with Gasteiger partial charge in [0.1, 0.15) is 5.75 Å². The number of oxime groups is 1. The van der Waals surface area contributed by atoms with Crippen molar-refractivity contribution in [2.24, 2.45) is 10.3 Å². The number of nitrogens with one attached hydrogen (secondary N) is 1. The predicted octanol–water partition coefficient (Wildman–Crippen LogP) is 3.02. The van der Waals surface area contributed by atoms with E-state index in [9.17, 15) is 20.0 Å². The molecule has 0 aliphatic heterocycles. The van der Waals surface area contributed by atoms with E-state index >= 15 is 0 Å². The molecular weight excluding hydrogens is 428 g/mol. The maximum atomic E-state index is 11.6. The minimum absolute atomic E-state index is 0.0684. The number of benzene rings is 1. The van der Waals surface area contributed by atoms with Crippen LogP contribution in [0.3, 0.4) is 0 Å². The van der Waals surface area contributed by atoms with Crippen LogP contribution in [0.15, 0.2) is 44.4 Å². The molecule has 1 aromatic heterocycles. The van der Waals surface area contributed by atoms with Crippen LogP contribution >= 0.6 is 27.3 Å². The van der Waals surface area contributed by atoms with E-state index in [1.807, 2.05) is 17.5 Å². The highest BCUT2D eigenvalue weighted by atomic mass is 79.9. The van der Waals surface area contributed by atoms with Gasteiger partial charge in [0.2, 0.25) is 0 Å². The minimum atomic E-state index is -0.609. The van der Waals surface area contributed by atoms with Gasteiger partial charge in [0.25, 0.3) is 11.6 Å². The summed E-state index contributed by atoms with van der Waals surface area (Å²) in [4.78, 5) is 27.7. The Kier molecular flexibility index (Phi) is 6.81. The second-order valence-electron chi connectivity index (χ2n) is 4.84. The van der Waals surface area contributed by atoms with Crippen molar-refractivity contribution in [2.75, 3.05) is 6.61 Å². The summed E-state index contributed by atoms with van der Waals surface area (Å²) in [6.45, 7) is 1.40. The molecule has 1 heterocycles. The molecule has 0 aliphatic rings. The molecule has 0 atom stereocenters. The van der Waals surface area contributed by atoms with Crippen LogP contribution in [0.1, 0.15) is 17.4 Å². The van der Waals surface area contributed by atoms with Crippen molar-refractivity contribution in [3.05, 3.63) is 54.7 Å². The molecule has 0 saturated carbocycles. The third-order valence-corrected chi connectivity index (χ3v) is 4.54. The summed E-state index contributed by atoms with van der Waals surface area (Å²) < 4.78 is 0.140. The average Bonchev–Trinajstić information content (AvgIpc) is 3.13. The lowest BCUT2D eigenvalue weighted by molar-refractivity contribution is -0.385. The second-order valence-corrected chi connectivity index (χ2v) is 6.65. The molecule has 2 aromatic rings. The number of carbonyl (C=O) groups excluding carboxylic acids is 1. The van der Waals surface area contributed by atoms with Crippen LogP contribution in [0.5, 0.6) is 5.75 Å². The van der Waals surface area contributed by atoms with Gasteiger partial charge in [-0.3, -0.25) is 14.9 Å². The van der Waals surface area contributed by atoms with Gasteiger partial charge in [-0.2, -0.15) is 5.10 Å². The number of hydrazone groups is 1. The number of aromatic hydroxyl groups is 1. The van der Waals surface area contributed by atoms with Gasteiger partial charge in [0.15, 0.2) is 6.61 Å². The Morgan fingerprint density at radius 3 is 2.96 bits per heavy atom. The molecule has 0 fully saturated rings. The molecule has 136 valence electrons. The molecule has 0 aliphatic carbocycles. The zero-order valence-electron chi connectivity index (χ0n) is 13.4. The van der Waals surface area contributed by atoms with E-state index in [2.05, 4.69) is 31.6 Å². The fourth-order valence-electron chi connectivity index (χ4n) is 1.73. The van der Waals surface area contributed by atoms with E-state index in [1.165, 1.54) is 11.3 Å². The van der Waals surface area contributed by atoms with Gasteiger partial charge in [-0.15, -0.1) is 11.3 Å². The fraction of sp³-hybridized carbons (Fsp3) is 0.133. The van der Waals surface area contributed by atoms with Crippen LogP contribution < -0.4 is 5.43 Å². The van der Waals surface area contributed by atoms with Crippen molar-refractivity contribution in [3.8, 4) is 5.75 Å². The quantitative estimate of drug-likeness (QED) is 0.388. The van der Waals surface area contributed by atoms with Crippen LogP contribution in [0.25, 0.3) is 0 Å². The summed E-state index contributed by atoms with van der Waals surface area (Å²) in [6.07, 6.45) is 1.09. The summed E-state index contributed by atoms with van der Waals surface area (Å²) in [7, 11) is 0. The van der Waals surface area contributed by atoms with E-state index < -0.39 is 10.8 Å². The van der Waals surface area contributed by atoms with Crippen LogP contribution in [0.2, 0.25) is 0 Å². The first kappa shape index (κ1) is 19.5. The summed E-state index contributed by atoms with van der Waals surface area (Å²) in [5, 5.41) is 30.0. The zero-order valence-corrected chi connectivity index (χ0v) is 15.8. The first-order valence-electron chi connectivity index (χ1n) is 7.07. The van der Waals surface area contributed by atoms with Gasteiger partial charge in [0, 0.05) is 17.7 Å². The molecule has 9 nitrogen and oxygen atoms in total. The summed E-state index contributed by atoms with van der Waals surface area (Å²) in [6, 6.07) is 6.04. The number of hydrogen-bond donors (Lipinski definition) is 2. The lowest BCUT2D eigenvalue weighted by Gasteiger charge is -2.02. The molecule has 2 rings (SSSR count). The SMILES string of the molecule is CC(=NOCC(=O)N/N=C/c1cc([N+](=O)[O-])cc(Br)c1O)c1cccs1. The number of halogens is 1. The number of phenolic OH excluding ortho intramolecular Hbond substituents is 1. The Morgan fingerprint density at radius 1 is 1.54 bits per heavy atom. The smallest absolute Gasteiger partial charge is 0.280 e. The molecule has 1 aromatic carbocycles. The first-order valence-corrected chi connectivity index (χ1v) is 8.75. The topological polar surface area (TPSA) is 126 Å². The second kappa shape index (κ2) is 9.06. The van der Waals surface area contributed by atoms with Gasteiger partial charge in [0.05, 0.1) is 26.2 Å². The summed E-state index contributed by atoms with van der Waals surface area (Å²) in [5.74, 6) is -0.811. The largest absolute Gasteiger partial charge is 0.506 e. The van der Waals surface area contributed by atoms with Crippen molar-refractivity contribution >= 4 is 50.8 Å². The highest BCUT2D eigenvalue weighted by Gasteiger charge is 2.13. The molecular formula is C15H13BrN4O5S. The van der Waals surface area contributed by atoms with E-state index in [-0.39, 0.29) is 28.1 Å². The fourth-order valence-corrected chi connectivity index (χ4v) is 2.86. The Balaban J connectivity index is 1.91. The first-order chi connectivity index (χ1) is 12.4. The van der Waals surface area contributed by atoms with Crippen LogP contribution in [0.4, 0.5) is 5.69 Å². The molecule has 1 amide bonds. The Bertz CT molecular complexity index is 867. The standard InChI is InChI=1S/C15H13BrN4O5S/c1-9(13-3-2-4-26-13)19-25-8-14(21)18-17-7-10-5-11(20(23)24)6-12(16)15(10)22/h2-7,22H,8H2,1H3,(H,18,21)/b17-7+,19-9?. The van der Waals surface area contributed by atoms with E-state index in [1.54, 1.807) is 6.92 Å². The Labute approximate surface area is 160 Å². The normalized spacial score (nSPS) is 11.5. The maximum absolute atomic E-state index is 11.6. The molecule has 26 heavy (non-hydrogen) atoms. The Morgan fingerprint density at radius 2 is 2.31 bits per heavy atom. The third kappa shape index (κ3) is 5.36. The maximum Gasteiger partial charge on any atom is 0.280 e. The number of hydrogen-bond acceptors (Lipinski definition) is 8. The van der Waals surface area contributed by atoms with Crippen LogP contribution in [-0.2, 0) is 9.63 Å². The average molecular weight is 441 g/mol. The van der Waals surface area contributed by atoms with Crippen LogP contribution in [-0.4, -0.2) is 34.5 Å². The molecule has 11 heteroatoms. The molecule has 2 N–H and O–H groups in total. The summed E-state index contributed by atoms with van der Waals surface area (Å²) >= 11 is 4.51. The van der Waals surface area contributed by atoms with E-state index in [0.717, 1.165) is 23.2 Å². The number of nitro benzene ring substituents is 1. The van der Waals surface area contributed by atoms with Gasteiger partial charge in [-0.25, -0.2) is 5.43 Å². The molecule has 0 spiro atoms. The lowest BCUT2D eigenvalue weighted by atomic mass is 10.2. The van der Waals surface area contributed by atoms with Gasteiger partial charge in [-0.1, -0.05) is 11.2 Å². The Hall–Kier alpha value is -2.79. The number of non-ortho nitro benzene ring substituents is 1. The number of phenols is 1. The molecule has 0 radical (unpaired) electrons. The molecule has 0 unspecified atom stereocenters. The number of nitro groups is 1. The number of nitrogens with zero attached hydrogens (tertiary/aromatic N) is 3. The van der Waals surface area contributed by atoms with E-state index in [0.29, 0.717) is 5.71 Å². The molecule has 0 saturated heterocycles. The highest BCUT2D eigenvalue weighted by molar-refractivity contribution is 9.10. The predicted molar refractivity (Wildman–Crippen MR) is 101 cm³/mol. The minimum Gasteiger partial charge on any atom is -0.506 e. The van der Waals surface area contributed by atoms with E-state index in [4.69, 9.17) is 4.84 Å². The van der Waals surface area contributed by atoms with Gasteiger partial charge >= 0.3 is 0 Å². The van der Waals surface area contributed by atoms with Gasteiger partial charge in [-0.05, 0) is 34.3 Å². The number of rotatable bonds is 7. The number of amides is 1. The van der Waals surface area contributed by atoms with Crippen molar-refractivity contribution in [1.82, 2.24) is 5.43 Å².